The molecule has 1 aliphatic heterocycles. The van der Waals surface area contributed by atoms with Crippen LogP contribution in [0.5, 0.6) is 0 Å². The van der Waals surface area contributed by atoms with Crippen molar-refractivity contribution >= 4 is 34.2 Å². The number of piperazine rings is 1. The van der Waals surface area contributed by atoms with Gasteiger partial charge in [-0.3, -0.25) is 9.59 Å². The summed E-state index contributed by atoms with van der Waals surface area (Å²) in [6.45, 7) is 7.88. The lowest BCUT2D eigenvalue weighted by atomic mass is 10.1. The van der Waals surface area contributed by atoms with E-state index in [-0.39, 0.29) is 17.9 Å². The Bertz CT molecular complexity index is 1020. The molecule has 4 heterocycles. The summed E-state index contributed by atoms with van der Waals surface area (Å²) in [7, 11) is 0. The lowest BCUT2D eigenvalue weighted by molar-refractivity contribution is -0.130. The number of amides is 2. The standard InChI is InChI=1S/C20H23N5O2S/c1-13(2)25-19-16(12-21-25)15(11-17(22-19)18-5-4-10-28-18)20(27)24-8-6-23(7-9-24)14(3)26/h4-5,10-13H,6-9H2,1-3H3. The zero-order valence-corrected chi connectivity index (χ0v) is 17.1. The summed E-state index contributed by atoms with van der Waals surface area (Å²) >= 11 is 1.60. The SMILES string of the molecule is CC(=O)N1CCN(C(=O)c2cc(-c3cccs3)nc3c2cnn3C(C)C)CC1. The summed E-state index contributed by atoms with van der Waals surface area (Å²) in [5, 5.41) is 7.25. The van der Waals surface area contributed by atoms with Crippen LogP contribution >= 0.6 is 11.3 Å². The average molecular weight is 398 g/mol. The average Bonchev–Trinajstić information content (AvgIpc) is 3.36. The first-order valence-electron chi connectivity index (χ1n) is 9.42. The molecule has 7 nitrogen and oxygen atoms in total. The van der Waals surface area contributed by atoms with E-state index in [1.165, 1.54) is 0 Å². The molecule has 28 heavy (non-hydrogen) atoms. The second-order valence-electron chi connectivity index (χ2n) is 7.25. The second kappa shape index (κ2) is 7.35. The Hall–Kier alpha value is -2.74. The van der Waals surface area contributed by atoms with Crippen molar-refractivity contribution in [1.29, 1.82) is 0 Å². The smallest absolute Gasteiger partial charge is 0.254 e. The molecule has 1 fully saturated rings. The van der Waals surface area contributed by atoms with Gasteiger partial charge in [0.25, 0.3) is 5.91 Å². The van der Waals surface area contributed by atoms with Gasteiger partial charge in [-0.25, -0.2) is 9.67 Å². The van der Waals surface area contributed by atoms with Crippen LogP contribution in [0.25, 0.3) is 21.6 Å². The lowest BCUT2D eigenvalue weighted by Gasteiger charge is -2.34. The molecule has 4 rings (SSSR count). The maximum absolute atomic E-state index is 13.4. The van der Waals surface area contributed by atoms with E-state index >= 15 is 0 Å². The molecule has 0 saturated carbocycles. The van der Waals surface area contributed by atoms with Gasteiger partial charge in [0.2, 0.25) is 5.91 Å². The number of nitrogens with zero attached hydrogens (tertiary/aromatic N) is 5. The first kappa shape index (κ1) is 18.6. The quantitative estimate of drug-likeness (QED) is 0.681. The van der Waals surface area contributed by atoms with Gasteiger partial charge in [-0.15, -0.1) is 11.3 Å². The number of aromatic nitrogens is 3. The normalized spacial score (nSPS) is 14.9. The van der Waals surface area contributed by atoms with Crippen molar-refractivity contribution in [1.82, 2.24) is 24.6 Å². The highest BCUT2D eigenvalue weighted by Crippen LogP contribution is 2.29. The van der Waals surface area contributed by atoms with Crippen molar-refractivity contribution in [3.63, 3.8) is 0 Å². The van der Waals surface area contributed by atoms with Crippen LogP contribution in [0.1, 0.15) is 37.2 Å². The van der Waals surface area contributed by atoms with Gasteiger partial charge in [0.15, 0.2) is 5.65 Å². The van der Waals surface area contributed by atoms with Gasteiger partial charge in [0.05, 0.1) is 27.7 Å². The summed E-state index contributed by atoms with van der Waals surface area (Å²) in [5.74, 6) is 0.0216. The van der Waals surface area contributed by atoms with Crippen LogP contribution in [-0.4, -0.2) is 62.6 Å². The zero-order chi connectivity index (χ0) is 19.8. The predicted molar refractivity (Wildman–Crippen MR) is 109 cm³/mol. The number of pyridine rings is 1. The van der Waals surface area contributed by atoms with E-state index in [0.29, 0.717) is 31.7 Å². The molecule has 8 heteroatoms. The fourth-order valence-electron chi connectivity index (χ4n) is 3.52. The Morgan fingerprint density at radius 3 is 2.46 bits per heavy atom. The second-order valence-corrected chi connectivity index (χ2v) is 8.20. The largest absolute Gasteiger partial charge is 0.339 e. The Morgan fingerprint density at radius 1 is 1.14 bits per heavy atom. The molecule has 3 aromatic heterocycles. The number of thiophene rings is 1. The molecule has 1 saturated heterocycles. The molecule has 0 spiro atoms. The highest BCUT2D eigenvalue weighted by atomic mass is 32.1. The maximum Gasteiger partial charge on any atom is 0.254 e. The molecule has 146 valence electrons. The van der Waals surface area contributed by atoms with Crippen LogP contribution in [0.4, 0.5) is 0 Å². The van der Waals surface area contributed by atoms with E-state index in [1.807, 2.05) is 33.2 Å². The summed E-state index contributed by atoms with van der Waals surface area (Å²) < 4.78 is 1.86. The van der Waals surface area contributed by atoms with Crippen LogP contribution in [0.2, 0.25) is 0 Å². The monoisotopic (exact) mass is 397 g/mol. The first-order chi connectivity index (χ1) is 13.5. The van der Waals surface area contributed by atoms with Crippen molar-refractivity contribution < 1.29 is 9.59 Å². The van der Waals surface area contributed by atoms with Crippen molar-refractivity contribution in [3.05, 3.63) is 35.3 Å². The van der Waals surface area contributed by atoms with Gasteiger partial charge in [-0.1, -0.05) is 6.07 Å². The van der Waals surface area contributed by atoms with Gasteiger partial charge in [0.1, 0.15) is 0 Å². The zero-order valence-electron chi connectivity index (χ0n) is 16.3. The van der Waals surface area contributed by atoms with Gasteiger partial charge in [0, 0.05) is 39.1 Å². The minimum Gasteiger partial charge on any atom is -0.339 e. The van der Waals surface area contributed by atoms with Crippen LogP contribution in [0.3, 0.4) is 0 Å². The van der Waals surface area contributed by atoms with Gasteiger partial charge >= 0.3 is 0 Å². The van der Waals surface area contributed by atoms with E-state index in [4.69, 9.17) is 4.98 Å². The third-order valence-electron chi connectivity index (χ3n) is 5.07. The third kappa shape index (κ3) is 3.28. The summed E-state index contributed by atoms with van der Waals surface area (Å²) in [5.41, 5.74) is 2.14. The molecule has 1 aliphatic rings. The van der Waals surface area contributed by atoms with Crippen molar-refractivity contribution in [2.75, 3.05) is 26.2 Å². The van der Waals surface area contributed by atoms with Gasteiger partial charge in [-0.2, -0.15) is 5.10 Å². The van der Waals surface area contributed by atoms with Gasteiger partial charge < -0.3 is 9.80 Å². The Balaban J connectivity index is 1.75. The number of hydrogen-bond acceptors (Lipinski definition) is 5. The van der Waals surface area contributed by atoms with Gasteiger partial charge in [-0.05, 0) is 31.4 Å². The Labute approximate surface area is 167 Å². The number of fused-ring (bicyclic) bond motifs is 1. The van der Waals surface area contributed by atoms with Crippen molar-refractivity contribution in [3.8, 4) is 10.6 Å². The van der Waals surface area contributed by atoms with E-state index < -0.39 is 0 Å². The minimum absolute atomic E-state index is 0.0308. The topological polar surface area (TPSA) is 71.3 Å². The molecule has 3 aromatic rings. The minimum atomic E-state index is -0.0308. The van der Waals surface area contributed by atoms with Crippen molar-refractivity contribution in [2.45, 2.75) is 26.8 Å². The van der Waals surface area contributed by atoms with Crippen LogP contribution < -0.4 is 0 Å². The van der Waals surface area contributed by atoms with E-state index in [0.717, 1.165) is 21.6 Å². The number of carbonyl (C=O) groups excluding carboxylic acids is 2. The molecular weight excluding hydrogens is 374 g/mol. The summed E-state index contributed by atoms with van der Waals surface area (Å²) in [4.78, 5) is 34.3. The van der Waals surface area contributed by atoms with Crippen molar-refractivity contribution in [2.24, 2.45) is 0 Å². The number of rotatable bonds is 3. The maximum atomic E-state index is 13.4. The molecule has 0 aliphatic carbocycles. The van der Waals surface area contributed by atoms with E-state index in [9.17, 15) is 9.59 Å². The highest BCUT2D eigenvalue weighted by molar-refractivity contribution is 7.13. The number of carbonyl (C=O) groups is 2. The summed E-state index contributed by atoms with van der Waals surface area (Å²) in [6, 6.07) is 6.01. The molecule has 2 amide bonds. The third-order valence-corrected chi connectivity index (χ3v) is 5.96. The lowest BCUT2D eigenvalue weighted by Crippen LogP contribution is -2.50. The highest BCUT2D eigenvalue weighted by Gasteiger charge is 2.26. The molecule has 0 unspecified atom stereocenters. The molecular formula is C20H23N5O2S. The van der Waals surface area contributed by atoms with E-state index in [1.54, 1.807) is 29.4 Å². The summed E-state index contributed by atoms with van der Waals surface area (Å²) in [6.07, 6.45) is 1.74. The fraction of sp³-hybridized carbons (Fsp3) is 0.400. The molecule has 0 aromatic carbocycles. The Morgan fingerprint density at radius 2 is 1.86 bits per heavy atom. The first-order valence-corrected chi connectivity index (χ1v) is 10.3. The van der Waals surface area contributed by atoms with Crippen LogP contribution in [0.15, 0.2) is 29.8 Å². The molecule has 0 radical (unpaired) electrons. The Kier molecular flexibility index (Phi) is 4.89. The van der Waals surface area contributed by atoms with E-state index in [2.05, 4.69) is 18.9 Å². The molecule has 0 N–H and O–H groups in total. The predicted octanol–water partition coefficient (Wildman–Crippen LogP) is 3.05. The van der Waals surface area contributed by atoms with Crippen LogP contribution in [0, 0.1) is 0 Å². The number of hydrogen-bond donors (Lipinski definition) is 0. The fourth-order valence-corrected chi connectivity index (χ4v) is 4.20. The molecule has 0 atom stereocenters. The molecule has 0 bridgehead atoms. The van der Waals surface area contributed by atoms with Crippen LogP contribution in [-0.2, 0) is 4.79 Å².